The lowest BCUT2D eigenvalue weighted by Crippen LogP contribution is -2.04. The van der Waals surface area contributed by atoms with E-state index in [0.717, 1.165) is 12.1 Å². The molecule has 0 bridgehead atoms. The molecule has 32 heavy (non-hydrogen) atoms. The zero-order valence-electron chi connectivity index (χ0n) is 16.0. The van der Waals surface area contributed by atoms with Gasteiger partial charge in [-0.3, -0.25) is 18.5 Å². The minimum atomic E-state index is -5.04. The van der Waals surface area contributed by atoms with Gasteiger partial charge in [0.25, 0.3) is 20.2 Å². The summed E-state index contributed by atoms with van der Waals surface area (Å²) in [7, 11) is -14.4. The van der Waals surface area contributed by atoms with Crippen LogP contribution in [0.3, 0.4) is 0 Å². The maximum atomic E-state index is 11.6. The number of azo groups is 1. The second-order valence-corrected chi connectivity index (χ2v) is 10.9. The Morgan fingerprint density at radius 1 is 1.09 bits per heavy atom. The summed E-state index contributed by atoms with van der Waals surface area (Å²) in [6.45, 7) is 1.29. The first-order valence-electron chi connectivity index (χ1n) is 8.27. The van der Waals surface area contributed by atoms with E-state index < -0.39 is 67.5 Å². The Labute approximate surface area is 181 Å². The first-order valence-corrected chi connectivity index (χ1v) is 13.0. The van der Waals surface area contributed by atoms with Crippen molar-refractivity contribution in [3.8, 4) is 5.75 Å². The minimum absolute atomic E-state index is 0.0993. The third-order valence-corrected chi connectivity index (χ3v) is 6.54. The van der Waals surface area contributed by atoms with Gasteiger partial charge in [-0.15, -0.1) is 10.2 Å². The molecule has 14 nitrogen and oxygen atoms in total. The van der Waals surface area contributed by atoms with Crippen LogP contribution in [0.15, 0.2) is 38.2 Å². The highest BCUT2D eigenvalue weighted by Crippen LogP contribution is 2.38. The Morgan fingerprint density at radius 2 is 1.72 bits per heavy atom. The SMILES string of the molecule is Cc1nc(/N=N/c2ccc(S(=O)(=O)O)cc2S(=O)(=O)O)c(CCP(=O)(O)O)c(C=O)c1O. The van der Waals surface area contributed by atoms with Crippen LogP contribution in [0.5, 0.6) is 5.75 Å². The lowest BCUT2D eigenvalue weighted by Gasteiger charge is -2.12. The van der Waals surface area contributed by atoms with Crippen molar-refractivity contribution in [3.63, 3.8) is 0 Å². The number of aromatic hydroxyl groups is 1. The van der Waals surface area contributed by atoms with Crippen molar-refractivity contribution in [2.24, 2.45) is 10.2 Å². The topological polar surface area (TPSA) is 241 Å². The fraction of sp³-hybridized carbons (Fsp3) is 0.200. The van der Waals surface area contributed by atoms with Crippen molar-refractivity contribution in [3.05, 3.63) is 35.0 Å². The summed E-state index contributed by atoms with van der Waals surface area (Å²) in [6.07, 6.45) is -0.983. The molecule has 0 aliphatic rings. The normalized spacial score (nSPS) is 12.9. The average Bonchev–Trinajstić information content (AvgIpc) is 2.65. The number of rotatable bonds is 8. The van der Waals surface area contributed by atoms with Gasteiger partial charge in [0.15, 0.2) is 12.1 Å². The van der Waals surface area contributed by atoms with Crippen LogP contribution >= 0.6 is 7.60 Å². The average molecular weight is 509 g/mol. The first kappa shape index (κ1) is 25.7. The maximum absolute atomic E-state index is 11.6. The molecule has 1 aromatic heterocycles. The fourth-order valence-electron chi connectivity index (χ4n) is 2.50. The van der Waals surface area contributed by atoms with Crippen LogP contribution < -0.4 is 0 Å². The van der Waals surface area contributed by atoms with Crippen molar-refractivity contribution in [1.29, 1.82) is 0 Å². The predicted molar refractivity (Wildman–Crippen MR) is 107 cm³/mol. The molecular formula is C15H16N3O11PS2. The number of nitrogens with zero attached hydrogens (tertiary/aromatic N) is 3. The first-order chi connectivity index (χ1) is 14.5. The fourth-order valence-corrected chi connectivity index (χ4v) is 4.24. The number of pyridine rings is 1. The third-order valence-electron chi connectivity index (χ3n) is 4.00. The van der Waals surface area contributed by atoms with Crippen molar-refractivity contribution in [2.45, 2.75) is 23.1 Å². The lowest BCUT2D eigenvalue weighted by molar-refractivity contribution is 0.111. The Bertz CT molecular complexity index is 1370. The number of aromatic nitrogens is 1. The van der Waals surface area contributed by atoms with E-state index in [2.05, 4.69) is 15.2 Å². The molecule has 2 rings (SSSR count). The van der Waals surface area contributed by atoms with Gasteiger partial charge >= 0.3 is 7.60 Å². The third kappa shape index (κ3) is 6.23. The molecule has 5 N–H and O–H groups in total. The van der Waals surface area contributed by atoms with E-state index in [-0.39, 0.29) is 23.1 Å². The van der Waals surface area contributed by atoms with Crippen LogP contribution in [-0.2, 0) is 31.2 Å². The van der Waals surface area contributed by atoms with E-state index in [1.165, 1.54) is 6.92 Å². The van der Waals surface area contributed by atoms with Crippen molar-refractivity contribution >= 4 is 45.6 Å². The predicted octanol–water partition coefficient (Wildman–Crippen LogP) is 1.54. The Morgan fingerprint density at radius 3 is 2.22 bits per heavy atom. The number of benzene rings is 1. The van der Waals surface area contributed by atoms with Gasteiger partial charge in [-0.05, 0) is 31.5 Å². The number of carbonyl (C=O) groups excluding carboxylic acids is 1. The molecule has 0 unspecified atom stereocenters. The number of aldehydes is 1. The number of hydrogen-bond acceptors (Lipinski definition) is 10. The van der Waals surface area contributed by atoms with Gasteiger partial charge in [-0.1, -0.05) is 0 Å². The molecule has 17 heteroatoms. The molecule has 0 atom stereocenters. The molecule has 0 fully saturated rings. The Hall–Kier alpha value is -2.59. The van der Waals surface area contributed by atoms with E-state index >= 15 is 0 Å². The van der Waals surface area contributed by atoms with Crippen LogP contribution in [0.1, 0.15) is 21.6 Å². The molecular weight excluding hydrogens is 493 g/mol. The second-order valence-electron chi connectivity index (χ2n) is 6.30. The molecule has 0 saturated heterocycles. The zero-order chi connectivity index (χ0) is 24.5. The minimum Gasteiger partial charge on any atom is -0.505 e. The summed E-state index contributed by atoms with van der Waals surface area (Å²) in [4.78, 5) is 31.6. The Kier molecular flexibility index (Phi) is 7.31. The molecule has 0 aliphatic carbocycles. The molecule has 0 aliphatic heterocycles. The summed E-state index contributed by atoms with van der Waals surface area (Å²) in [5.41, 5.74) is -1.24. The summed E-state index contributed by atoms with van der Waals surface area (Å²) < 4.78 is 75.4. The zero-order valence-corrected chi connectivity index (χ0v) is 18.5. The van der Waals surface area contributed by atoms with Crippen LogP contribution in [0.25, 0.3) is 0 Å². The number of hydrogen-bond donors (Lipinski definition) is 5. The smallest absolute Gasteiger partial charge is 0.325 e. The van der Waals surface area contributed by atoms with E-state index in [1.807, 2.05) is 0 Å². The molecule has 0 radical (unpaired) electrons. The van der Waals surface area contributed by atoms with Gasteiger partial charge in [-0.25, -0.2) is 4.98 Å². The van der Waals surface area contributed by atoms with Gasteiger partial charge in [0, 0.05) is 5.56 Å². The largest absolute Gasteiger partial charge is 0.505 e. The van der Waals surface area contributed by atoms with Gasteiger partial charge < -0.3 is 14.9 Å². The molecule has 0 amide bonds. The van der Waals surface area contributed by atoms with Crippen LogP contribution in [-0.4, -0.2) is 58.3 Å². The van der Waals surface area contributed by atoms with Crippen molar-refractivity contribution < 1.29 is 50.2 Å². The standard InChI is InChI=1S/C15H16N3O11PS2/c1-8-14(20)11(7-19)10(4-5-30(21,22)23)15(16-8)18-17-12-3-2-9(31(24,25)26)6-13(12)32(27,28)29/h2-3,6-7,20H,4-5H2,1H3,(H2,21,22,23)(H,24,25,26)(H,27,28,29)/b18-17+. The van der Waals surface area contributed by atoms with Crippen molar-refractivity contribution in [2.75, 3.05) is 6.16 Å². The van der Waals surface area contributed by atoms with Crippen LogP contribution in [0.2, 0.25) is 0 Å². The van der Waals surface area contributed by atoms with E-state index in [9.17, 15) is 35.9 Å². The van der Waals surface area contributed by atoms with Gasteiger partial charge in [0.2, 0.25) is 0 Å². The summed E-state index contributed by atoms with van der Waals surface area (Å²) >= 11 is 0. The molecule has 1 heterocycles. The monoisotopic (exact) mass is 509 g/mol. The van der Waals surface area contributed by atoms with Gasteiger partial charge in [0.1, 0.15) is 16.3 Å². The van der Waals surface area contributed by atoms with Crippen molar-refractivity contribution in [1.82, 2.24) is 4.98 Å². The van der Waals surface area contributed by atoms with E-state index in [0.29, 0.717) is 6.07 Å². The molecule has 1 aromatic carbocycles. The summed E-state index contributed by atoms with van der Waals surface area (Å²) in [5.74, 6) is -0.952. The number of carbonyl (C=O) groups is 1. The summed E-state index contributed by atoms with van der Waals surface area (Å²) in [6, 6.07) is 2.01. The summed E-state index contributed by atoms with van der Waals surface area (Å²) in [5, 5.41) is 17.3. The molecule has 2 aromatic rings. The van der Waals surface area contributed by atoms with E-state index in [4.69, 9.17) is 14.3 Å². The van der Waals surface area contributed by atoms with Crippen LogP contribution in [0, 0.1) is 6.92 Å². The molecule has 0 saturated carbocycles. The highest BCUT2D eigenvalue weighted by atomic mass is 32.2. The quantitative estimate of drug-likeness (QED) is 0.147. The lowest BCUT2D eigenvalue weighted by atomic mass is 10.1. The van der Waals surface area contributed by atoms with Gasteiger partial charge in [-0.2, -0.15) is 16.8 Å². The van der Waals surface area contributed by atoms with E-state index in [1.54, 1.807) is 0 Å². The molecule has 174 valence electrons. The number of aryl methyl sites for hydroxylation is 1. The Balaban J connectivity index is 2.69. The highest BCUT2D eigenvalue weighted by Gasteiger charge is 2.23. The second kappa shape index (κ2) is 9.11. The van der Waals surface area contributed by atoms with Crippen LogP contribution in [0.4, 0.5) is 11.5 Å². The highest BCUT2D eigenvalue weighted by molar-refractivity contribution is 7.86. The van der Waals surface area contributed by atoms with Gasteiger partial charge in [0.05, 0.1) is 22.3 Å². The molecule has 0 spiro atoms. The maximum Gasteiger partial charge on any atom is 0.325 e.